The predicted octanol–water partition coefficient (Wildman–Crippen LogP) is 3.51. The first-order valence-corrected chi connectivity index (χ1v) is 11.6. The van der Waals surface area contributed by atoms with Gasteiger partial charge >= 0.3 is 0 Å². The first-order chi connectivity index (χ1) is 14.3. The highest BCUT2D eigenvalue weighted by atomic mass is 32.2. The third kappa shape index (κ3) is 4.19. The van der Waals surface area contributed by atoms with Gasteiger partial charge in [-0.15, -0.1) is 0 Å². The first kappa shape index (κ1) is 20.8. The molecule has 6 nitrogen and oxygen atoms in total. The molecule has 1 saturated heterocycles. The molecule has 0 bridgehead atoms. The molecule has 1 atom stereocenters. The van der Waals surface area contributed by atoms with Crippen molar-refractivity contribution >= 4 is 20.9 Å². The van der Waals surface area contributed by atoms with Gasteiger partial charge in [0.2, 0.25) is 10.0 Å². The van der Waals surface area contributed by atoms with Gasteiger partial charge in [-0.05, 0) is 73.5 Å². The summed E-state index contributed by atoms with van der Waals surface area (Å²) in [5.74, 6) is 0. The van der Waals surface area contributed by atoms with E-state index in [2.05, 4.69) is 4.98 Å². The van der Waals surface area contributed by atoms with E-state index in [1.54, 1.807) is 36.4 Å². The van der Waals surface area contributed by atoms with E-state index < -0.39 is 10.0 Å². The van der Waals surface area contributed by atoms with Crippen LogP contribution in [0.25, 0.3) is 10.9 Å². The third-order valence-electron chi connectivity index (χ3n) is 5.69. The van der Waals surface area contributed by atoms with Gasteiger partial charge in [0.05, 0.1) is 11.0 Å². The number of H-pyrrole nitrogens is 1. The van der Waals surface area contributed by atoms with Crippen molar-refractivity contribution in [1.82, 2.24) is 9.29 Å². The van der Waals surface area contributed by atoms with E-state index in [1.807, 2.05) is 26.0 Å². The average Bonchev–Trinajstić information content (AvgIpc) is 3.23. The maximum absolute atomic E-state index is 13.4. The maximum Gasteiger partial charge on any atom is 0.252 e. The Balaban J connectivity index is 1.73. The van der Waals surface area contributed by atoms with Crippen LogP contribution in [0.1, 0.15) is 29.5 Å². The lowest BCUT2D eigenvalue weighted by Crippen LogP contribution is -2.38. The lowest BCUT2D eigenvalue weighted by molar-refractivity contribution is 0.0925. The maximum atomic E-state index is 13.4. The largest absolute Gasteiger partial charge is 0.377 e. The molecule has 1 unspecified atom stereocenters. The number of aromatic amines is 1. The van der Waals surface area contributed by atoms with Gasteiger partial charge in [0, 0.05) is 30.8 Å². The van der Waals surface area contributed by atoms with E-state index in [1.165, 1.54) is 4.31 Å². The van der Waals surface area contributed by atoms with Crippen LogP contribution >= 0.6 is 0 Å². The molecule has 1 aromatic heterocycles. The number of rotatable bonds is 6. The van der Waals surface area contributed by atoms with Crippen molar-refractivity contribution in [3.05, 3.63) is 75.6 Å². The summed E-state index contributed by atoms with van der Waals surface area (Å²) in [5, 5.41) is 0.891. The van der Waals surface area contributed by atoms with Crippen molar-refractivity contribution in [3.8, 4) is 0 Å². The standard InChI is InChI=1S/C23H26N2O4S/c1-16-11-18-13-19(23(26)24-22(18)12-17(16)2)14-25(15-20-7-6-10-29-20)30(27,28)21-8-4-3-5-9-21/h3-5,8-9,11-13,20H,6-7,10,14-15H2,1-2H3,(H,24,26). The van der Waals surface area contributed by atoms with Crippen LogP contribution in [0, 0.1) is 13.8 Å². The van der Waals surface area contributed by atoms with Gasteiger partial charge < -0.3 is 9.72 Å². The Hall–Kier alpha value is -2.48. The van der Waals surface area contributed by atoms with E-state index in [9.17, 15) is 13.2 Å². The van der Waals surface area contributed by atoms with Gasteiger partial charge in [-0.1, -0.05) is 18.2 Å². The molecule has 158 valence electrons. The number of aromatic nitrogens is 1. The molecule has 7 heteroatoms. The van der Waals surface area contributed by atoms with Crippen molar-refractivity contribution in [2.24, 2.45) is 0 Å². The Kier molecular flexibility index (Phi) is 5.77. The molecule has 1 aliphatic rings. The number of pyridine rings is 1. The summed E-state index contributed by atoms with van der Waals surface area (Å²) in [6.07, 6.45) is 1.57. The van der Waals surface area contributed by atoms with Crippen LogP contribution in [-0.4, -0.2) is 37.0 Å². The molecule has 1 fully saturated rings. The topological polar surface area (TPSA) is 79.5 Å². The molecule has 0 radical (unpaired) electrons. The molecule has 2 heterocycles. The molecule has 1 N–H and O–H groups in total. The number of hydrogen-bond donors (Lipinski definition) is 1. The number of sulfonamides is 1. The Morgan fingerprint density at radius 3 is 2.53 bits per heavy atom. The van der Waals surface area contributed by atoms with Crippen LogP contribution in [0.3, 0.4) is 0 Å². The molecule has 30 heavy (non-hydrogen) atoms. The highest BCUT2D eigenvalue weighted by Gasteiger charge is 2.29. The summed E-state index contributed by atoms with van der Waals surface area (Å²) in [6.45, 7) is 4.87. The minimum absolute atomic E-state index is 0.00468. The van der Waals surface area contributed by atoms with E-state index >= 15 is 0 Å². The number of aryl methyl sites for hydroxylation is 2. The molecule has 1 aliphatic heterocycles. The Labute approximate surface area is 176 Å². The lowest BCUT2D eigenvalue weighted by atomic mass is 10.0. The highest BCUT2D eigenvalue weighted by molar-refractivity contribution is 7.89. The van der Waals surface area contributed by atoms with Crippen molar-refractivity contribution in [3.63, 3.8) is 0 Å². The summed E-state index contributed by atoms with van der Waals surface area (Å²) in [7, 11) is -3.77. The second-order valence-corrected chi connectivity index (χ2v) is 9.83. The van der Waals surface area contributed by atoms with E-state index in [-0.39, 0.29) is 29.6 Å². The molecule has 0 saturated carbocycles. The summed E-state index contributed by atoms with van der Waals surface area (Å²) >= 11 is 0. The van der Waals surface area contributed by atoms with Gasteiger partial charge in [-0.3, -0.25) is 4.79 Å². The number of nitrogens with one attached hydrogen (secondary N) is 1. The molecule has 0 amide bonds. The Morgan fingerprint density at radius 1 is 1.10 bits per heavy atom. The molecule has 2 aromatic carbocycles. The number of fused-ring (bicyclic) bond motifs is 1. The van der Waals surface area contributed by atoms with Gasteiger partial charge in [0.25, 0.3) is 5.56 Å². The van der Waals surface area contributed by atoms with Crippen LogP contribution in [0.4, 0.5) is 0 Å². The molecule has 4 rings (SSSR count). The van der Waals surface area contributed by atoms with Crippen molar-refractivity contribution in [1.29, 1.82) is 0 Å². The second kappa shape index (κ2) is 8.34. The van der Waals surface area contributed by atoms with Crippen molar-refractivity contribution in [2.45, 2.75) is 44.2 Å². The fraction of sp³-hybridized carbons (Fsp3) is 0.348. The highest BCUT2D eigenvalue weighted by Crippen LogP contribution is 2.23. The van der Waals surface area contributed by atoms with Gasteiger partial charge in [-0.25, -0.2) is 8.42 Å². The fourth-order valence-electron chi connectivity index (χ4n) is 3.83. The Morgan fingerprint density at radius 2 is 1.83 bits per heavy atom. The SMILES string of the molecule is Cc1cc2cc(CN(CC3CCCO3)S(=O)(=O)c3ccccc3)c(=O)[nH]c2cc1C. The van der Waals surface area contributed by atoms with E-state index in [4.69, 9.17) is 4.74 Å². The zero-order chi connectivity index (χ0) is 21.3. The fourth-order valence-corrected chi connectivity index (χ4v) is 5.30. The normalized spacial score (nSPS) is 17.1. The molecule has 0 spiro atoms. The quantitative estimate of drug-likeness (QED) is 0.654. The van der Waals surface area contributed by atoms with Crippen LogP contribution in [-0.2, 0) is 21.3 Å². The molecule has 0 aliphatic carbocycles. The summed E-state index contributed by atoms with van der Waals surface area (Å²) in [5.41, 5.74) is 3.12. The first-order valence-electron chi connectivity index (χ1n) is 10.1. The second-order valence-electron chi connectivity index (χ2n) is 7.89. The van der Waals surface area contributed by atoms with Gasteiger partial charge in [0.15, 0.2) is 0 Å². The molecular weight excluding hydrogens is 400 g/mol. The number of benzene rings is 2. The summed E-state index contributed by atoms with van der Waals surface area (Å²) < 4.78 is 33.8. The van der Waals surface area contributed by atoms with Gasteiger partial charge in [-0.2, -0.15) is 4.31 Å². The van der Waals surface area contributed by atoms with Crippen molar-refractivity contribution in [2.75, 3.05) is 13.2 Å². The van der Waals surface area contributed by atoms with E-state index in [0.29, 0.717) is 12.2 Å². The summed E-state index contributed by atoms with van der Waals surface area (Å²) in [4.78, 5) is 15.9. The molecule has 3 aromatic rings. The van der Waals surface area contributed by atoms with E-state index in [0.717, 1.165) is 34.9 Å². The van der Waals surface area contributed by atoms with Crippen LogP contribution < -0.4 is 5.56 Å². The lowest BCUT2D eigenvalue weighted by Gasteiger charge is -2.25. The van der Waals surface area contributed by atoms with Gasteiger partial charge in [0.1, 0.15) is 0 Å². The smallest absolute Gasteiger partial charge is 0.252 e. The number of hydrogen-bond acceptors (Lipinski definition) is 4. The minimum atomic E-state index is -3.77. The van der Waals surface area contributed by atoms with Crippen LogP contribution in [0.5, 0.6) is 0 Å². The minimum Gasteiger partial charge on any atom is -0.377 e. The monoisotopic (exact) mass is 426 g/mol. The zero-order valence-corrected chi connectivity index (χ0v) is 18.0. The predicted molar refractivity (Wildman–Crippen MR) is 117 cm³/mol. The zero-order valence-electron chi connectivity index (χ0n) is 17.2. The van der Waals surface area contributed by atoms with Crippen LogP contribution in [0.2, 0.25) is 0 Å². The average molecular weight is 427 g/mol. The number of ether oxygens (including phenoxy) is 1. The van der Waals surface area contributed by atoms with Crippen molar-refractivity contribution < 1.29 is 13.2 Å². The summed E-state index contributed by atoms with van der Waals surface area (Å²) in [6, 6.07) is 14.1. The number of nitrogens with zero attached hydrogens (tertiary/aromatic N) is 1. The molecular formula is C23H26N2O4S. The van der Waals surface area contributed by atoms with Crippen LogP contribution in [0.15, 0.2) is 58.2 Å². The Bertz CT molecular complexity index is 1210. The third-order valence-corrected chi connectivity index (χ3v) is 7.52.